The Bertz CT molecular complexity index is 563. The van der Waals surface area contributed by atoms with E-state index in [0.717, 1.165) is 25.3 Å². The van der Waals surface area contributed by atoms with Gasteiger partial charge in [0.05, 0.1) is 10.6 Å². The van der Waals surface area contributed by atoms with E-state index in [1.165, 1.54) is 46.8 Å². The lowest BCUT2D eigenvalue weighted by atomic mass is 10.2. The minimum atomic E-state index is 0.0632. The number of rotatable bonds is 3. The molecule has 0 unspecified atom stereocenters. The van der Waals surface area contributed by atoms with Crippen molar-refractivity contribution in [2.24, 2.45) is 0 Å². The number of thiophene rings is 1. The molecule has 1 saturated heterocycles. The molecule has 0 aromatic carbocycles. The van der Waals surface area contributed by atoms with E-state index in [1.54, 1.807) is 11.3 Å². The van der Waals surface area contributed by atoms with Crippen LogP contribution in [0.2, 0.25) is 0 Å². The van der Waals surface area contributed by atoms with Crippen LogP contribution in [0.3, 0.4) is 0 Å². The Balaban J connectivity index is 1.82. The number of nitrogens with zero attached hydrogens (tertiary/aromatic N) is 1. The molecule has 1 N–H and O–H groups in total. The molecule has 0 amide bonds. The van der Waals surface area contributed by atoms with E-state index in [4.69, 9.17) is 0 Å². The van der Waals surface area contributed by atoms with Gasteiger partial charge in [0.2, 0.25) is 0 Å². The Labute approximate surface area is 120 Å². The summed E-state index contributed by atoms with van der Waals surface area (Å²) in [6, 6.07) is 4.11. The van der Waals surface area contributed by atoms with Crippen LogP contribution in [0.25, 0.3) is 10.6 Å². The van der Waals surface area contributed by atoms with E-state index in [-0.39, 0.29) is 4.87 Å². The van der Waals surface area contributed by atoms with Crippen LogP contribution in [-0.2, 0) is 6.54 Å². The number of H-pyrrole nitrogens is 1. The van der Waals surface area contributed by atoms with E-state index in [1.807, 2.05) is 6.07 Å². The predicted molar refractivity (Wildman–Crippen MR) is 82.0 cm³/mol. The molecule has 5 heteroatoms. The van der Waals surface area contributed by atoms with Crippen molar-refractivity contribution < 1.29 is 0 Å². The number of hydrogen-bond acceptors (Lipinski definition) is 4. The molecule has 0 spiro atoms. The Morgan fingerprint density at radius 3 is 2.68 bits per heavy atom. The molecule has 0 radical (unpaired) electrons. The van der Waals surface area contributed by atoms with Crippen molar-refractivity contribution >= 4 is 22.7 Å². The molecule has 1 fully saturated rings. The normalized spacial score (nSPS) is 17.5. The Morgan fingerprint density at radius 2 is 2.00 bits per heavy atom. The van der Waals surface area contributed by atoms with Gasteiger partial charge in [-0.05, 0) is 37.4 Å². The number of nitrogens with one attached hydrogen (secondary N) is 1. The van der Waals surface area contributed by atoms with Crippen LogP contribution < -0.4 is 4.87 Å². The molecule has 102 valence electrons. The lowest BCUT2D eigenvalue weighted by molar-refractivity contribution is 0.279. The molecule has 19 heavy (non-hydrogen) atoms. The summed E-state index contributed by atoms with van der Waals surface area (Å²) in [6.07, 6.45) is 5.26. The van der Waals surface area contributed by atoms with Gasteiger partial charge in [-0.15, -0.1) is 11.3 Å². The molecule has 0 aliphatic carbocycles. The molecule has 3 rings (SSSR count). The highest BCUT2D eigenvalue weighted by molar-refractivity contribution is 7.14. The fourth-order valence-electron chi connectivity index (χ4n) is 2.59. The number of hydrogen-bond donors (Lipinski definition) is 1. The SMILES string of the molecule is O=c1[nH]c(-c2cccs2)c(CN2CCCCCC2)s1. The first-order valence-electron chi connectivity index (χ1n) is 6.81. The highest BCUT2D eigenvalue weighted by atomic mass is 32.1. The average Bonchev–Trinajstić information content (AvgIpc) is 2.95. The van der Waals surface area contributed by atoms with Crippen LogP contribution in [0.4, 0.5) is 0 Å². The Morgan fingerprint density at radius 1 is 1.21 bits per heavy atom. The topological polar surface area (TPSA) is 36.1 Å². The monoisotopic (exact) mass is 294 g/mol. The fourth-order valence-corrected chi connectivity index (χ4v) is 4.29. The van der Waals surface area contributed by atoms with Crippen LogP contribution in [0.1, 0.15) is 30.6 Å². The maximum Gasteiger partial charge on any atom is 0.305 e. The zero-order valence-corrected chi connectivity index (χ0v) is 12.5. The molecule has 1 aliphatic rings. The van der Waals surface area contributed by atoms with Gasteiger partial charge >= 0.3 is 4.87 Å². The van der Waals surface area contributed by atoms with Crippen molar-refractivity contribution in [3.05, 3.63) is 32.1 Å². The van der Waals surface area contributed by atoms with Gasteiger partial charge < -0.3 is 4.98 Å². The maximum atomic E-state index is 11.7. The number of aromatic amines is 1. The summed E-state index contributed by atoms with van der Waals surface area (Å²) in [4.78, 5) is 19.6. The molecule has 2 aromatic heterocycles. The quantitative estimate of drug-likeness (QED) is 0.940. The minimum absolute atomic E-state index is 0.0632. The van der Waals surface area contributed by atoms with Gasteiger partial charge in [-0.3, -0.25) is 9.69 Å². The van der Waals surface area contributed by atoms with Crippen molar-refractivity contribution in [2.45, 2.75) is 32.2 Å². The van der Waals surface area contributed by atoms with Gasteiger partial charge in [-0.1, -0.05) is 30.2 Å². The molecule has 3 heterocycles. The van der Waals surface area contributed by atoms with E-state index >= 15 is 0 Å². The second-order valence-corrected chi connectivity index (χ2v) is 7.00. The molecule has 0 bridgehead atoms. The molecule has 3 nitrogen and oxygen atoms in total. The average molecular weight is 294 g/mol. The van der Waals surface area contributed by atoms with Crippen LogP contribution in [0.5, 0.6) is 0 Å². The largest absolute Gasteiger partial charge is 0.311 e. The summed E-state index contributed by atoms with van der Waals surface area (Å²) < 4.78 is 0. The molecule has 0 atom stereocenters. The fraction of sp³-hybridized carbons (Fsp3) is 0.500. The van der Waals surface area contributed by atoms with E-state index < -0.39 is 0 Å². The second kappa shape index (κ2) is 6.03. The third-order valence-electron chi connectivity index (χ3n) is 3.56. The van der Waals surface area contributed by atoms with Gasteiger partial charge in [-0.2, -0.15) is 0 Å². The first-order chi connectivity index (χ1) is 9.33. The lowest BCUT2D eigenvalue weighted by Crippen LogP contribution is -2.23. The number of aromatic nitrogens is 1. The van der Waals surface area contributed by atoms with Crippen molar-refractivity contribution in [3.63, 3.8) is 0 Å². The van der Waals surface area contributed by atoms with Crippen LogP contribution in [0.15, 0.2) is 22.3 Å². The molecule has 0 saturated carbocycles. The summed E-state index contributed by atoms with van der Waals surface area (Å²) in [5.41, 5.74) is 1.04. The van der Waals surface area contributed by atoms with E-state index in [0.29, 0.717) is 0 Å². The highest BCUT2D eigenvalue weighted by Crippen LogP contribution is 2.28. The van der Waals surface area contributed by atoms with Crippen molar-refractivity contribution in [3.8, 4) is 10.6 Å². The van der Waals surface area contributed by atoms with Gasteiger partial charge in [0.1, 0.15) is 0 Å². The first-order valence-corrected chi connectivity index (χ1v) is 8.51. The summed E-state index contributed by atoms with van der Waals surface area (Å²) in [5.74, 6) is 0. The molecule has 2 aromatic rings. The first kappa shape index (κ1) is 13.1. The summed E-state index contributed by atoms with van der Waals surface area (Å²) in [7, 11) is 0. The molecular formula is C14H18N2OS2. The lowest BCUT2D eigenvalue weighted by Gasteiger charge is -2.19. The molecular weight excluding hydrogens is 276 g/mol. The van der Waals surface area contributed by atoms with Gasteiger partial charge in [0.25, 0.3) is 0 Å². The standard InChI is InChI=1S/C14H18N2OS2/c17-14-15-13(11-6-5-9-18-11)12(19-14)10-16-7-3-1-2-4-8-16/h5-6,9H,1-4,7-8,10H2,(H,15,17). The van der Waals surface area contributed by atoms with Crippen molar-refractivity contribution in [2.75, 3.05) is 13.1 Å². The zero-order chi connectivity index (χ0) is 13.1. The van der Waals surface area contributed by atoms with Crippen molar-refractivity contribution in [1.82, 2.24) is 9.88 Å². The van der Waals surface area contributed by atoms with Gasteiger partial charge in [-0.25, -0.2) is 0 Å². The zero-order valence-electron chi connectivity index (χ0n) is 10.9. The minimum Gasteiger partial charge on any atom is -0.311 e. The number of likely N-dealkylation sites (tertiary alicyclic amines) is 1. The third kappa shape index (κ3) is 3.16. The number of thiazole rings is 1. The van der Waals surface area contributed by atoms with Crippen LogP contribution in [-0.4, -0.2) is 23.0 Å². The Hall–Kier alpha value is -0.910. The predicted octanol–water partition coefficient (Wildman–Crippen LogP) is 3.54. The highest BCUT2D eigenvalue weighted by Gasteiger charge is 2.16. The van der Waals surface area contributed by atoms with E-state index in [9.17, 15) is 4.79 Å². The van der Waals surface area contributed by atoms with Gasteiger partial charge in [0, 0.05) is 11.4 Å². The van der Waals surface area contributed by atoms with Crippen LogP contribution in [0, 0.1) is 0 Å². The van der Waals surface area contributed by atoms with Crippen molar-refractivity contribution in [1.29, 1.82) is 0 Å². The second-order valence-electron chi connectivity index (χ2n) is 4.98. The Kier molecular flexibility index (Phi) is 4.15. The maximum absolute atomic E-state index is 11.7. The summed E-state index contributed by atoms with van der Waals surface area (Å²) in [6.45, 7) is 3.24. The smallest absolute Gasteiger partial charge is 0.305 e. The summed E-state index contributed by atoms with van der Waals surface area (Å²) in [5, 5.41) is 2.06. The summed E-state index contributed by atoms with van der Waals surface area (Å²) >= 11 is 3.05. The third-order valence-corrected chi connectivity index (χ3v) is 5.31. The van der Waals surface area contributed by atoms with Crippen LogP contribution >= 0.6 is 22.7 Å². The molecule has 1 aliphatic heterocycles. The van der Waals surface area contributed by atoms with Gasteiger partial charge in [0.15, 0.2) is 0 Å². The van der Waals surface area contributed by atoms with E-state index in [2.05, 4.69) is 21.3 Å².